The first-order valence-corrected chi connectivity index (χ1v) is 14.2. The lowest BCUT2D eigenvalue weighted by molar-refractivity contribution is -0.440. The molecule has 0 saturated heterocycles. The van der Waals surface area contributed by atoms with Gasteiger partial charge in [0.05, 0.1) is 12.5 Å². The highest BCUT2D eigenvalue weighted by molar-refractivity contribution is 6.00. The second-order valence-electron chi connectivity index (χ2n) is 11.0. The Bertz CT molecular complexity index is 1280. The number of hydrogen-bond acceptors (Lipinski definition) is 5. The van der Waals surface area contributed by atoms with E-state index in [-0.39, 0.29) is 23.4 Å². The van der Waals surface area contributed by atoms with Crippen LogP contribution in [0.25, 0.3) is 11.1 Å². The molecule has 0 bridgehead atoms. The molecule has 1 N–H and O–H groups in total. The average molecular weight is 536 g/mol. The summed E-state index contributed by atoms with van der Waals surface area (Å²) in [6, 6.07) is 7.74. The number of carboxylic acids is 1. The zero-order valence-electron chi connectivity index (χ0n) is 24.4. The van der Waals surface area contributed by atoms with Crippen LogP contribution in [0.5, 0.6) is 5.75 Å². The highest BCUT2D eigenvalue weighted by Gasteiger charge is 2.45. The van der Waals surface area contributed by atoms with Gasteiger partial charge in [-0.25, -0.2) is 4.98 Å². The van der Waals surface area contributed by atoms with Gasteiger partial charge in [0.2, 0.25) is 0 Å². The third-order valence-electron chi connectivity index (χ3n) is 7.78. The average Bonchev–Trinajstić information content (AvgIpc) is 3.11. The second kappa shape index (κ2) is 13.1. The Morgan fingerprint density at radius 2 is 1.51 bits per heavy atom. The van der Waals surface area contributed by atoms with Crippen molar-refractivity contribution in [3.63, 3.8) is 0 Å². The van der Waals surface area contributed by atoms with E-state index in [4.69, 9.17) is 9.84 Å². The largest absolute Gasteiger partial charge is 0.490 e. The number of ketones is 2. The van der Waals surface area contributed by atoms with Gasteiger partial charge in [-0.05, 0) is 74.9 Å². The van der Waals surface area contributed by atoms with E-state index in [0.29, 0.717) is 37.1 Å². The van der Waals surface area contributed by atoms with Crippen LogP contribution in [0.15, 0.2) is 24.3 Å². The normalized spacial score (nSPS) is 13.9. The minimum atomic E-state index is -0.759. The summed E-state index contributed by atoms with van der Waals surface area (Å²) in [5, 5.41) is 8.94. The number of unbranched alkanes of at least 4 members (excludes halogenated alkanes) is 3. The molecule has 1 aliphatic rings. The first kappa shape index (κ1) is 30.2. The smallest absolute Gasteiger partial charge is 0.303 e. The Balaban J connectivity index is 2.06. The summed E-state index contributed by atoms with van der Waals surface area (Å²) in [6.45, 7) is 11.3. The lowest BCUT2D eigenvalue weighted by Gasteiger charge is -2.17. The molecule has 210 valence electrons. The SMILES string of the molecule is CCCCC(=O)c1cc(-c2cc(OC)c3c(c2)C(C)(C)C(C)=[N+]3CCCCCC(=O)O)cc(C(=O)CCC)n1. The van der Waals surface area contributed by atoms with E-state index in [0.717, 1.165) is 60.4 Å². The summed E-state index contributed by atoms with van der Waals surface area (Å²) in [5.41, 5.74) is 5.43. The van der Waals surface area contributed by atoms with Gasteiger partial charge in [-0.1, -0.05) is 20.3 Å². The summed E-state index contributed by atoms with van der Waals surface area (Å²) in [7, 11) is 1.66. The van der Waals surface area contributed by atoms with Crippen molar-refractivity contribution in [3.8, 4) is 16.9 Å². The molecular formula is C32H43N2O5+. The number of nitrogens with zero attached hydrogens (tertiary/aromatic N) is 2. The first-order valence-electron chi connectivity index (χ1n) is 14.2. The number of hydrogen-bond donors (Lipinski definition) is 1. The molecule has 1 aromatic heterocycles. The van der Waals surface area contributed by atoms with Crippen molar-refractivity contribution in [1.29, 1.82) is 0 Å². The van der Waals surface area contributed by atoms with Crippen molar-refractivity contribution in [2.75, 3.05) is 13.7 Å². The van der Waals surface area contributed by atoms with Gasteiger partial charge in [0.1, 0.15) is 17.9 Å². The molecule has 0 unspecified atom stereocenters. The van der Waals surface area contributed by atoms with Gasteiger partial charge >= 0.3 is 5.97 Å². The summed E-state index contributed by atoms with van der Waals surface area (Å²) in [4.78, 5) is 41.2. The van der Waals surface area contributed by atoms with Crippen LogP contribution in [-0.4, -0.2) is 51.6 Å². The number of Topliss-reactive ketones (excluding diaryl/α,β-unsaturated/α-hetero) is 2. The predicted octanol–water partition coefficient (Wildman–Crippen LogP) is 7.15. The lowest BCUT2D eigenvalue weighted by Crippen LogP contribution is -2.26. The molecule has 7 heteroatoms. The van der Waals surface area contributed by atoms with E-state index in [1.807, 2.05) is 19.9 Å². The maximum Gasteiger partial charge on any atom is 0.303 e. The monoisotopic (exact) mass is 535 g/mol. The van der Waals surface area contributed by atoms with E-state index in [1.54, 1.807) is 19.2 Å². The van der Waals surface area contributed by atoms with Crippen LogP contribution in [0.4, 0.5) is 5.69 Å². The van der Waals surface area contributed by atoms with Gasteiger partial charge in [-0.2, -0.15) is 4.58 Å². The third-order valence-corrected chi connectivity index (χ3v) is 7.78. The number of carbonyl (C=O) groups is 3. The van der Waals surface area contributed by atoms with Crippen LogP contribution in [0.1, 0.15) is 119 Å². The van der Waals surface area contributed by atoms with Gasteiger partial charge in [0, 0.05) is 38.2 Å². The van der Waals surface area contributed by atoms with Crippen molar-refractivity contribution in [2.45, 2.75) is 97.8 Å². The number of fused-ring (bicyclic) bond motifs is 1. The predicted molar refractivity (Wildman–Crippen MR) is 154 cm³/mol. The van der Waals surface area contributed by atoms with Gasteiger partial charge in [-0.15, -0.1) is 0 Å². The van der Waals surface area contributed by atoms with E-state index in [2.05, 4.69) is 36.4 Å². The van der Waals surface area contributed by atoms with Crippen LogP contribution < -0.4 is 4.74 Å². The molecule has 1 aliphatic heterocycles. The summed E-state index contributed by atoms with van der Waals surface area (Å²) < 4.78 is 8.21. The van der Waals surface area contributed by atoms with Gasteiger partial charge in [0.15, 0.2) is 23.0 Å². The second-order valence-corrected chi connectivity index (χ2v) is 11.0. The number of carboxylic acid groups (broad SMARTS) is 1. The molecule has 2 heterocycles. The van der Waals surface area contributed by atoms with Gasteiger partial charge < -0.3 is 9.84 Å². The van der Waals surface area contributed by atoms with Crippen molar-refractivity contribution in [2.24, 2.45) is 0 Å². The number of aliphatic carboxylic acids is 1. The molecule has 0 spiro atoms. The number of aromatic nitrogens is 1. The van der Waals surface area contributed by atoms with Crippen molar-refractivity contribution < 1.29 is 28.8 Å². The topological polar surface area (TPSA) is 96.6 Å². The Morgan fingerprint density at radius 1 is 0.872 bits per heavy atom. The molecule has 0 radical (unpaired) electrons. The molecule has 1 aromatic carbocycles. The quantitative estimate of drug-likeness (QED) is 0.148. The lowest BCUT2D eigenvalue weighted by atomic mass is 9.81. The van der Waals surface area contributed by atoms with Crippen molar-refractivity contribution in [3.05, 3.63) is 41.2 Å². The summed E-state index contributed by atoms with van der Waals surface area (Å²) in [6.07, 6.45) is 5.77. The standard InChI is InChI=1S/C32H42N2O5/c1-7-9-14-28(36)26-19-23(18-25(33-26)27(35)13-8-2)22-17-24-31(29(20-22)39-6)34(21(3)32(24,4)5)16-12-10-11-15-30(37)38/h17-20H,7-16H2,1-6H3/p+1. The molecule has 39 heavy (non-hydrogen) atoms. The molecule has 7 nitrogen and oxygen atoms in total. The molecule has 0 aliphatic carbocycles. The zero-order chi connectivity index (χ0) is 28.7. The minimum absolute atomic E-state index is 0.0454. The summed E-state index contributed by atoms with van der Waals surface area (Å²) in [5.74, 6) is -0.132. The summed E-state index contributed by atoms with van der Waals surface area (Å²) >= 11 is 0. The fraction of sp³-hybridized carbons (Fsp3) is 0.531. The molecular weight excluding hydrogens is 492 g/mol. The van der Waals surface area contributed by atoms with Crippen LogP contribution in [-0.2, 0) is 10.2 Å². The molecule has 3 rings (SSSR count). The van der Waals surface area contributed by atoms with E-state index in [9.17, 15) is 14.4 Å². The number of benzene rings is 1. The Hall–Kier alpha value is -3.35. The number of pyridine rings is 1. The fourth-order valence-corrected chi connectivity index (χ4v) is 5.19. The highest BCUT2D eigenvalue weighted by atomic mass is 16.5. The Morgan fingerprint density at radius 3 is 2.10 bits per heavy atom. The van der Waals surface area contributed by atoms with Gasteiger partial charge in [0.25, 0.3) is 5.69 Å². The van der Waals surface area contributed by atoms with E-state index < -0.39 is 5.97 Å². The number of rotatable bonds is 15. The maximum atomic E-state index is 13.0. The highest BCUT2D eigenvalue weighted by Crippen LogP contribution is 2.47. The Labute approximate surface area is 232 Å². The van der Waals surface area contributed by atoms with Crippen LogP contribution >= 0.6 is 0 Å². The maximum absolute atomic E-state index is 13.0. The molecule has 2 aromatic rings. The minimum Gasteiger partial charge on any atom is -0.490 e. The van der Waals surface area contributed by atoms with E-state index >= 15 is 0 Å². The van der Waals surface area contributed by atoms with Crippen LogP contribution in [0.2, 0.25) is 0 Å². The Kier molecular flexibility index (Phi) is 10.2. The third kappa shape index (κ3) is 6.81. The number of ether oxygens (including phenoxy) is 1. The molecule has 0 saturated carbocycles. The van der Waals surface area contributed by atoms with Crippen molar-refractivity contribution >= 4 is 28.9 Å². The molecule has 0 atom stereocenters. The number of methoxy groups -OCH3 is 1. The fourth-order valence-electron chi connectivity index (χ4n) is 5.19. The number of carbonyl (C=O) groups excluding carboxylic acids is 2. The zero-order valence-corrected chi connectivity index (χ0v) is 24.4. The first-order chi connectivity index (χ1) is 18.5. The van der Waals surface area contributed by atoms with Crippen molar-refractivity contribution in [1.82, 2.24) is 4.98 Å². The van der Waals surface area contributed by atoms with E-state index in [1.165, 1.54) is 5.71 Å². The molecule has 0 amide bonds. The van der Waals surface area contributed by atoms with Crippen LogP contribution in [0.3, 0.4) is 0 Å². The molecule has 0 fully saturated rings. The van der Waals surface area contributed by atoms with Gasteiger partial charge in [-0.3, -0.25) is 14.4 Å². The van der Waals surface area contributed by atoms with Crippen LogP contribution in [0, 0.1) is 0 Å².